The number of aromatic nitrogens is 2. The van der Waals surface area contributed by atoms with Gasteiger partial charge in [-0.25, -0.2) is 0 Å². The normalized spacial score (nSPS) is 10.9. The molecule has 0 aliphatic carbocycles. The number of benzene rings is 2. The Hall–Kier alpha value is -3.73. The average Bonchev–Trinajstić information content (AvgIpc) is 2.76. The van der Waals surface area contributed by atoms with Crippen LogP contribution >= 0.6 is 0 Å². The number of fused-ring (bicyclic) bond motifs is 1. The number of carbonyl (C=O) groups is 1. The first-order valence-electron chi connectivity index (χ1n) is 10.00. The summed E-state index contributed by atoms with van der Waals surface area (Å²) in [4.78, 5) is 30.4. The van der Waals surface area contributed by atoms with Gasteiger partial charge in [-0.2, -0.15) is 0 Å². The van der Waals surface area contributed by atoms with Gasteiger partial charge in [0.1, 0.15) is 0 Å². The molecule has 1 N–H and O–H groups in total. The first-order chi connectivity index (χ1) is 14.5. The number of hydrogen-bond acceptors (Lipinski definition) is 3. The van der Waals surface area contributed by atoms with E-state index in [1.165, 1.54) is 5.56 Å². The van der Waals surface area contributed by atoms with E-state index in [1.54, 1.807) is 23.8 Å². The standard InChI is InChI=1S/C25H23N3O2/c1-3-18-9-11-20(12-10-18)27-24(29)21-15-22-23(26-17(21)2)13-14-28(25(22)30)16-19-7-5-4-6-8-19/h4-15H,3,16H2,1-2H3,(H,27,29). The van der Waals surface area contributed by atoms with Gasteiger partial charge in [-0.3, -0.25) is 14.6 Å². The molecule has 0 aliphatic heterocycles. The molecule has 0 unspecified atom stereocenters. The molecule has 2 aromatic carbocycles. The summed E-state index contributed by atoms with van der Waals surface area (Å²) in [6, 6.07) is 21.0. The molecule has 2 heterocycles. The summed E-state index contributed by atoms with van der Waals surface area (Å²) >= 11 is 0. The van der Waals surface area contributed by atoms with Gasteiger partial charge in [0, 0.05) is 11.9 Å². The topological polar surface area (TPSA) is 64.0 Å². The summed E-state index contributed by atoms with van der Waals surface area (Å²) in [5.41, 5.74) is 4.37. The van der Waals surface area contributed by atoms with Crippen molar-refractivity contribution in [2.75, 3.05) is 5.32 Å². The zero-order valence-electron chi connectivity index (χ0n) is 17.1. The maximum Gasteiger partial charge on any atom is 0.260 e. The van der Waals surface area contributed by atoms with Crippen molar-refractivity contribution < 1.29 is 4.79 Å². The Balaban J connectivity index is 1.67. The van der Waals surface area contributed by atoms with E-state index in [0.29, 0.717) is 34.4 Å². The molecule has 5 heteroatoms. The van der Waals surface area contributed by atoms with E-state index in [1.807, 2.05) is 60.7 Å². The number of anilines is 1. The minimum atomic E-state index is -0.274. The Morgan fingerprint density at radius 2 is 1.73 bits per heavy atom. The second-order valence-corrected chi connectivity index (χ2v) is 7.29. The highest BCUT2D eigenvalue weighted by molar-refractivity contribution is 6.06. The van der Waals surface area contributed by atoms with Crippen LogP contribution in [0.25, 0.3) is 10.9 Å². The Bertz CT molecular complexity index is 1260. The number of aryl methyl sites for hydroxylation is 2. The van der Waals surface area contributed by atoms with Crippen LogP contribution in [0.1, 0.15) is 34.1 Å². The van der Waals surface area contributed by atoms with Crippen LogP contribution in [0.5, 0.6) is 0 Å². The number of carbonyl (C=O) groups excluding carboxylic acids is 1. The van der Waals surface area contributed by atoms with Crippen molar-refractivity contribution in [3.63, 3.8) is 0 Å². The number of amides is 1. The smallest absolute Gasteiger partial charge is 0.260 e. The largest absolute Gasteiger partial charge is 0.322 e. The van der Waals surface area contributed by atoms with E-state index in [2.05, 4.69) is 17.2 Å². The van der Waals surface area contributed by atoms with Crippen molar-refractivity contribution in [3.05, 3.63) is 106 Å². The summed E-state index contributed by atoms with van der Waals surface area (Å²) in [7, 11) is 0. The zero-order chi connectivity index (χ0) is 21.1. The lowest BCUT2D eigenvalue weighted by molar-refractivity contribution is 0.102. The fourth-order valence-electron chi connectivity index (χ4n) is 3.46. The molecule has 2 aromatic heterocycles. The lowest BCUT2D eigenvalue weighted by Gasteiger charge is -2.11. The van der Waals surface area contributed by atoms with Gasteiger partial charge in [0.05, 0.1) is 28.7 Å². The van der Waals surface area contributed by atoms with Crippen molar-refractivity contribution in [2.24, 2.45) is 0 Å². The summed E-state index contributed by atoms with van der Waals surface area (Å²) in [5, 5.41) is 3.34. The van der Waals surface area contributed by atoms with Crippen molar-refractivity contribution in [3.8, 4) is 0 Å². The zero-order valence-corrected chi connectivity index (χ0v) is 17.1. The molecule has 5 nitrogen and oxygen atoms in total. The van der Waals surface area contributed by atoms with E-state index >= 15 is 0 Å². The molecule has 30 heavy (non-hydrogen) atoms. The maximum absolute atomic E-state index is 13.0. The number of pyridine rings is 2. The Labute approximate surface area is 175 Å². The lowest BCUT2D eigenvalue weighted by Crippen LogP contribution is -2.22. The van der Waals surface area contributed by atoms with Crippen LogP contribution < -0.4 is 10.9 Å². The van der Waals surface area contributed by atoms with Gasteiger partial charge in [0.15, 0.2) is 0 Å². The SMILES string of the molecule is CCc1ccc(NC(=O)c2cc3c(=O)n(Cc4ccccc4)ccc3nc2C)cc1. The van der Waals surface area contributed by atoms with Crippen LogP contribution in [0.4, 0.5) is 5.69 Å². The first kappa shape index (κ1) is 19.6. The molecule has 0 spiro atoms. The molecule has 4 rings (SSSR count). The summed E-state index contributed by atoms with van der Waals surface area (Å²) in [6.45, 7) is 4.33. The van der Waals surface area contributed by atoms with Gasteiger partial charge in [-0.15, -0.1) is 0 Å². The van der Waals surface area contributed by atoms with Crippen LogP contribution in [-0.4, -0.2) is 15.5 Å². The quantitative estimate of drug-likeness (QED) is 0.537. The second-order valence-electron chi connectivity index (χ2n) is 7.29. The predicted octanol–water partition coefficient (Wildman–Crippen LogP) is 4.57. The third-order valence-corrected chi connectivity index (χ3v) is 5.21. The second kappa shape index (κ2) is 8.33. The molecule has 1 amide bonds. The highest BCUT2D eigenvalue weighted by atomic mass is 16.1. The van der Waals surface area contributed by atoms with Crippen molar-refractivity contribution in [1.82, 2.24) is 9.55 Å². The summed E-state index contributed by atoms with van der Waals surface area (Å²) in [5.74, 6) is -0.274. The average molecular weight is 397 g/mol. The van der Waals surface area contributed by atoms with Crippen molar-refractivity contribution >= 4 is 22.5 Å². The molecule has 0 atom stereocenters. The molecule has 0 fully saturated rings. The third kappa shape index (κ3) is 4.01. The molecule has 0 radical (unpaired) electrons. The van der Waals surface area contributed by atoms with E-state index in [4.69, 9.17) is 0 Å². The fraction of sp³-hybridized carbons (Fsp3) is 0.160. The monoisotopic (exact) mass is 397 g/mol. The molecule has 0 aliphatic rings. The van der Waals surface area contributed by atoms with Gasteiger partial charge in [0.25, 0.3) is 11.5 Å². The van der Waals surface area contributed by atoms with Gasteiger partial charge < -0.3 is 9.88 Å². The Morgan fingerprint density at radius 3 is 2.43 bits per heavy atom. The Morgan fingerprint density at radius 1 is 1.00 bits per heavy atom. The fourth-order valence-corrected chi connectivity index (χ4v) is 3.46. The van der Waals surface area contributed by atoms with Crippen LogP contribution in [0.15, 0.2) is 77.7 Å². The number of nitrogens with one attached hydrogen (secondary N) is 1. The van der Waals surface area contributed by atoms with Crippen LogP contribution in [0, 0.1) is 6.92 Å². The van der Waals surface area contributed by atoms with Crippen LogP contribution in [0.2, 0.25) is 0 Å². The van der Waals surface area contributed by atoms with E-state index in [0.717, 1.165) is 12.0 Å². The van der Waals surface area contributed by atoms with E-state index < -0.39 is 0 Å². The number of nitrogens with zero attached hydrogens (tertiary/aromatic N) is 2. The van der Waals surface area contributed by atoms with E-state index in [-0.39, 0.29) is 11.5 Å². The number of hydrogen-bond donors (Lipinski definition) is 1. The van der Waals surface area contributed by atoms with Gasteiger partial charge in [-0.1, -0.05) is 49.4 Å². The van der Waals surface area contributed by atoms with Gasteiger partial charge in [-0.05, 0) is 48.7 Å². The molecule has 150 valence electrons. The molecule has 0 bridgehead atoms. The third-order valence-electron chi connectivity index (χ3n) is 5.21. The van der Waals surface area contributed by atoms with Crippen molar-refractivity contribution in [2.45, 2.75) is 26.8 Å². The number of rotatable bonds is 5. The predicted molar refractivity (Wildman–Crippen MR) is 120 cm³/mol. The van der Waals surface area contributed by atoms with Crippen LogP contribution in [-0.2, 0) is 13.0 Å². The molecular formula is C25H23N3O2. The molecule has 0 saturated heterocycles. The highest BCUT2D eigenvalue weighted by Crippen LogP contribution is 2.17. The first-order valence-corrected chi connectivity index (χ1v) is 10.00. The lowest BCUT2D eigenvalue weighted by atomic mass is 10.1. The molecule has 4 aromatic rings. The minimum Gasteiger partial charge on any atom is -0.322 e. The van der Waals surface area contributed by atoms with Crippen LogP contribution in [0.3, 0.4) is 0 Å². The summed E-state index contributed by atoms with van der Waals surface area (Å²) in [6.07, 6.45) is 2.69. The molecule has 0 saturated carbocycles. The Kier molecular flexibility index (Phi) is 5.44. The molecular weight excluding hydrogens is 374 g/mol. The van der Waals surface area contributed by atoms with Gasteiger partial charge >= 0.3 is 0 Å². The highest BCUT2D eigenvalue weighted by Gasteiger charge is 2.14. The summed E-state index contributed by atoms with van der Waals surface area (Å²) < 4.78 is 1.64. The van der Waals surface area contributed by atoms with Gasteiger partial charge in [0.2, 0.25) is 0 Å². The van der Waals surface area contributed by atoms with Crippen molar-refractivity contribution in [1.29, 1.82) is 0 Å². The van der Waals surface area contributed by atoms with E-state index in [9.17, 15) is 9.59 Å². The minimum absolute atomic E-state index is 0.162. The maximum atomic E-state index is 13.0.